The summed E-state index contributed by atoms with van der Waals surface area (Å²) in [6.45, 7) is 4.20. The highest BCUT2D eigenvalue weighted by Crippen LogP contribution is 2.19. The molecule has 0 aliphatic rings. The Hall–Kier alpha value is -3.68. The van der Waals surface area contributed by atoms with Gasteiger partial charge in [0.2, 0.25) is 11.8 Å². The minimum Gasteiger partial charge on any atom is -0.444 e. The van der Waals surface area contributed by atoms with Crippen molar-refractivity contribution in [2.45, 2.75) is 32.7 Å². The highest BCUT2D eigenvalue weighted by atomic mass is 19.1. The van der Waals surface area contributed by atoms with Crippen molar-refractivity contribution < 1.29 is 18.4 Å². The van der Waals surface area contributed by atoms with Crippen LogP contribution in [0.5, 0.6) is 0 Å². The molecule has 0 fully saturated rings. The van der Waals surface area contributed by atoms with Gasteiger partial charge < -0.3 is 20.4 Å². The maximum absolute atomic E-state index is 13.0. The number of hydrogen-bond acceptors (Lipinski definition) is 4. The van der Waals surface area contributed by atoms with E-state index in [1.807, 2.05) is 26.0 Å². The number of carbonyl (C=O) groups is 2. The second-order valence-electron chi connectivity index (χ2n) is 7.38. The average Bonchev–Trinajstić information content (AvgIpc) is 3.18. The lowest BCUT2D eigenvalue weighted by Crippen LogP contribution is -2.31. The molecule has 1 heterocycles. The maximum atomic E-state index is 13.0. The Morgan fingerprint density at radius 1 is 1.06 bits per heavy atom. The van der Waals surface area contributed by atoms with Crippen LogP contribution in [-0.4, -0.2) is 29.5 Å². The number of hydrogen-bond donors (Lipinski definition) is 3. The Labute approximate surface area is 180 Å². The summed E-state index contributed by atoms with van der Waals surface area (Å²) < 4.78 is 18.4. The van der Waals surface area contributed by atoms with E-state index < -0.39 is 0 Å². The van der Waals surface area contributed by atoms with Crippen molar-refractivity contribution in [1.82, 2.24) is 15.6 Å². The van der Waals surface area contributed by atoms with Crippen molar-refractivity contribution >= 4 is 17.6 Å². The van der Waals surface area contributed by atoms with E-state index in [4.69, 9.17) is 4.42 Å². The number of amides is 3. The fraction of sp³-hybridized carbons (Fsp3) is 0.261. The van der Waals surface area contributed by atoms with Gasteiger partial charge in [0.05, 0.1) is 12.1 Å². The molecule has 3 rings (SSSR count). The van der Waals surface area contributed by atoms with Crippen molar-refractivity contribution in [2.75, 3.05) is 11.9 Å². The molecular weight excluding hydrogens is 399 g/mol. The molecule has 162 valence electrons. The summed E-state index contributed by atoms with van der Waals surface area (Å²) in [5, 5.41) is 8.35. The van der Waals surface area contributed by atoms with E-state index in [-0.39, 0.29) is 23.8 Å². The van der Waals surface area contributed by atoms with Gasteiger partial charge in [0.25, 0.3) is 0 Å². The number of oxazole rings is 1. The third kappa shape index (κ3) is 6.95. The van der Waals surface area contributed by atoms with Gasteiger partial charge in [0.15, 0.2) is 0 Å². The molecule has 8 heteroatoms. The van der Waals surface area contributed by atoms with Crippen molar-refractivity contribution in [2.24, 2.45) is 0 Å². The molecule has 1 aromatic heterocycles. The van der Waals surface area contributed by atoms with E-state index in [0.717, 1.165) is 5.56 Å². The SMILES string of the molecule is CC(C)NC(=O)Cc1ccc(NC(=O)NCCc2coc(-c3ccc(F)cc3)n2)cc1. The van der Waals surface area contributed by atoms with Gasteiger partial charge >= 0.3 is 6.03 Å². The molecule has 3 N–H and O–H groups in total. The summed E-state index contributed by atoms with van der Waals surface area (Å²) in [5.74, 6) is 0.0440. The largest absolute Gasteiger partial charge is 0.444 e. The fourth-order valence-electron chi connectivity index (χ4n) is 2.89. The number of urea groups is 1. The minimum absolute atomic E-state index is 0.0381. The molecule has 31 heavy (non-hydrogen) atoms. The summed E-state index contributed by atoms with van der Waals surface area (Å²) in [4.78, 5) is 28.2. The molecule has 0 radical (unpaired) electrons. The molecule has 0 atom stereocenters. The maximum Gasteiger partial charge on any atom is 0.319 e. The van der Waals surface area contributed by atoms with Crippen LogP contribution in [0.4, 0.5) is 14.9 Å². The number of benzene rings is 2. The molecule has 0 saturated heterocycles. The molecule has 0 saturated carbocycles. The molecule has 0 unspecified atom stereocenters. The van der Waals surface area contributed by atoms with Crippen LogP contribution in [0, 0.1) is 5.82 Å². The minimum atomic E-state index is -0.340. The fourth-order valence-corrected chi connectivity index (χ4v) is 2.89. The summed E-state index contributed by atoms with van der Waals surface area (Å²) in [5.41, 5.74) is 2.87. The predicted octanol–water partition coefficient (Wildman–Crippen LogP) is 3.91. The van der Waals surface area contributed by atoms with Gasteiger partial charge in [-0.3, -0.25) is 4.79 Å². The first-order chi connectivity index (χ1) is 14.9. The zero-order valence-electron chi connectivity index (χ0n) is 17.4. The normalized spacial score (nSPS) is 10.7. The number of nitrogens with one attached hydrogen (secondary N) is 3. The van der Waals surface area contributed by atoms with Gasteiger partial charge in [0, 0.05) is 30.3 Å². The summed E-state index contributed by atoms with van der Waals surface area (Å²) in [6, 6.07) is 12.8. The monoisotopic (exact) mass is 424 g/mol. The summed E-state index contributed by atoms with van der Waals surface area (Å²) in [6.07, 6.45) is 2.30. The van der Waals surface area contributed by atoms with Crippen LogP contribution in [0.1, 0.15) is 25.1 Å². The molecule has 0 spiro atoms. The zero-order valence-corrected chi connectivity index (χ0v) is 17.4. The van der Waals surface area contributed by atoms with Gasteiger partial charge in [-0.25, -0.2) is 14.2 Å². The Morgan fingerprint density at radius 2 is 1.77 bits per heavy atom. The van der Waals surface area contributed by atoms with Crippen LogP contribution in [0.2, 0.25) is 0 Å². The Bertz CT molecular complexity index is 1010. The lowest BCUT2D eigenvalue weighted by atomic mass is 10.1. The van der Waals surface area contributed by atoms with E-state index in [2.05, 4.69) is 20.9 Å². The molecule has 3 amide bonds. The first kappa shape index (κ1) is 22.0. The van der Waals surface area contributed by atoms with Crippen LogP contribution in [0.3, 0.4) is 0 Å². The standard InChI is InChI=1S/C23H25FN4O3/c1-15(2)26-21(29)13-16-3-9-19(10-4-16)28-23(30)25-12-11-20-14-31-22(27-20)17-5-7-18(24)8-6-17/h3-10,14-15H,11-13H2,1-2H3,(H,26,29)(H2,25,28,30). The molecule has 0 bridgehead atoms. The van der Waals surface area contributed by atoms with E-state index >= 15 is 0 Å². The number of carbonyl (C=O) groups excluding carboxylic acids is 2. The average molecular weight is 424 g/mol. The Morgan fingerprint density at radius 3 is 2.45 bits per heavy atom. The quantitative estimate of drug-likeness (QED) is 0.511. The van der Waals surface area contributed by atoms with Gasteiger partial charge in [-0.05, 0) is 55.8 Å². The Kier molecular flexibility index (Phi) is 7.37. The first-order valence-electron chi connectivity index (χ1n) is 10.0. The predicted molar refractivity (Wildman–Crippen MR) is 116 cm³/mol. The second-order valence-corrected chi connectivity index (χ2v) is 7.38. The number of anilines is 1. The van der Waals surface area contributed by atoms with Gasteiger partial charge in [-0.2, -0.15) is 0 Å². The summed E-state index contributed by atoms with van der Waals surface area (Å²) >= 11 is 0. The molecule has 2 aromatic carbocycles. The highest BCUT2D eigenvalue weighted by Gasteiger charge is 2.09. The Balaban J connectivity index is 1.42. The van der Waals surface area contributed by atoms with E-state index in [0.29, 0.717) is 42.2 Å². The summed E-state index contributed by atoms with van der Waals surface area (Å²) in [7, 11) is 0. The first-order valence-corrected chi connectivity index (χ1v) is 10.0. The molecule has 7 nitrogen and oxygen atoms in total. The molecule has 0 aliphatic carbocycles. The van der Waals surface area contributed by atoms with Crippen molar-refractivity contribution in [3.63, 3.8) is 0 Å². The number of nitrogens with zero attached hydrogens (tertiary/aromatic N) is 1. The van der Waals surface area contributed by atoms with Crippen LogP contribution >= 0.6 is 0 Å². The van der Waals surface area contributed by atoms with Crippen LogP contribution in [-0.2, 0) is 17.6 Å². The van der Waals surface area contributed by atoms with Crippen molar-refractivity contribution in [3.8, 4) is 11.5 Å². The van der Waals surface area contributed by atoms with E-state index in [9.17, 15) is 14.0 Å². The number of rotatable bonds is 8. The van der Waals surface area contributed by atoms with Crippen LogP contribution in [0.15, 0.2) is 59.2 Å². The second kappa shape index (κ2) is 10.4. The third-order valence-electron chi connectivity index (χ3n) is 4.34. The van der Waals surface area contributed by atoms with Gasteiger partial charge in [-0.15, -0.1) is 0 Å². The van der Waals surface area contributed by atoms with Crippen molar-refractivity contribution in [3.05, 3.63) is 71.9 Å². The molecule has 0 aliphatic heterocycles. The lowest BCUT2D eigenvalue weighted by molar-refractivity contribution is -0.120. The van der Waals surface area contributed by atoms with Crippen LogP contribution < -0.4 is 16.0 Å². The van der Waals surface area contributed by atoms with Crippen LogP contribution in [0.25, 0.3) is 11.5 Å². The third-order valence-corrected chi connectivity index (χ3v) is 4.34. The molecular formula is C23H25FN4O3. The van der Waals surface area contributed by atoms with E-state index in [1.54, 1.807) is 24.3 Å². The number of aromatic nitrogens is 1. The molecule has 3 aromatic rings. The highest BCUT2D eigenvalue weighted by molar-refractivity contribution is 5.89. The zero-order chi connectivity index (χ0) is 22.2. The van der Waals surface area contributed by atoms with Gasteiger partial charge in [0.1, 0.15) is 12.1 Å². The van der Waals surface area contributed by atoms with Gasteiger partial charge in [-0.1, -0.05) is 12.1 Å². The van der Waals surface area contributed by atoms with Crippen molar-refractivity contribution in [1.29, 1.82) is 0 Å². The van der Waals surface area contributed by atoms with E-state index in [1.165, 1.54) is 18.4 Å². The lowest BCUT2D eigenvalue weighted by Gasteiger charge is -2.09. The topological polar surface area (TPSA) is 96.3 Å². The number of halogens is 1. The smallest absolute Gasteiger partial charge is 0.319 e.